The zero-order chi connectivity index (χ0) is 11.5. The Kier molecular flexibility index (Phi) is 2.73. The molecule has 2 heteroatoms. The van der Waals surface area contributed by atoms with Crippen molar-refractivity contribution in [2.24, 2.45) is 0 Å². The summed E-state index contributed by atoms with van der Waals surface area (Å²) in [5.74, 6) is 1.27. The smallest absolute Gasteiger partial charge is 0.227 e. The molecule has 0 radical (unpaired) electrons. The van der Waals surface area contributed by atoms with Crippen LogP contribution in [-0.4, -0.2) is 4.98 Å². The van der Waals surface area contributed by atoms with Crippen LogP contribution in [0.3, 0.4) is 0 Å². The van der Waals surface area contributed by atoms with Crippen LogP contribution in [0.15, 0.2) is 41.8 Å². The average molecular weight is 211 g/mol. The Hall–Kier alpha value is -2.09. The van der Waals surface area contributed by atoms with Gasteiger partial charge in [-0.25, -0.2) is 4.98 Å². The fourth-order valence-electron chi connectivity index (χ4n) is 1.56. The Morgan fingerprint density at radius 2 is 1.94 bits per heavy atom. The molecular weight excluding hydrogens is 198 g/mol. The van der Waals surface area contributed by atoms with Crippen molar-refractivity contribution in [2.45, 2.75) is 6.92 Å². The molecule has 80 valence electrons. The SMILES string of the molecule is C=Cc1nc(-c2ccccc2C)oc1C=C. The molecule has 1 heterocycles. The number of oxazole rings is 1. The number of rotatable bonds is 3. The van der Waals surface area contributed by atoms with E-state index < -0.39 is 0 Å². The first-order valence-corrected chi connectivity index (χ1v) is 5.08. The quantitative estimate of drug-likeness (QED) is 0.768. The minimum Gasteiger partial charge on any atom is -0.436 e. The van der Waals surface area contributed by atoms with E-state index >= 15 is 0 Å². The van der Waals surface area contributed by atoms with E-state index in [2.05, 4.69) is 18.1 Å². The van der Waals surface area contributed by atoms with Gasteiger partial charge in [0.1, 0.15) is 5.69 Å². The Morgan fingerprint density at radius 3 is 2.50 bits per heavy atom. The lowest BCUT2D eigenvalue weighted by Crippen LogP contribution is -1.82. The topological polar surface area (TPSA) is 26.0 Å². The molecule has 0 aliphatic rings. The van der Waals surface area contributed by atoms with E-state index in [1.165, 1.54) is 0 Å². The van der Waals surface area contributed by atoms with Gasteiger partial charge in [0.05, 0.1) is 0 Å². The lowest BCUT2D eigenvalue weighted by molar-refractivity contribution is 0.564. The van der Waals surface area contributed by atoms with Gasteiger partial charge in [0.2, 0.25) is 5.89 Å². The molecule has 0 bridgehead atoms. The Morgan fingerprint density at radius 1 is 1.19 bits per heavy atom. The van der Waals surface area contributed by atoms with Crippen LogP contribution >= 0.6 is 0 Å². The van der Waals surface area contributed by atoms with Crippen molar-refractivity contribution in [3.8, 4) is 11.5 Å². The van der Waals surface area contributed by atoms with Gasteiger partial charge in [-0.1, -0.05) is 31.4 Å². The summed E-state index contributed by atoms with van der Waals surface area (Å²) >= 11 is 0. The molecule has 0 N–H and O–H groups in total. The second kappa shape index (κ2) is 4.19. The Bertz CT molecular complexity index is 512. The van der Waals surface area contributed by atoms with Crippen LogP contribution < -0.4 is 0 Å². The van der Waals surface area contributed by atoms with Gasteiger partial charge in [0.15, 0.2) is 5.76 Å². The van der Waals surface area contributed by atoms with Crippen LogP contribution in [0.2, 0.25) is 0 Å². The monoisotopic (exact) mass is 211 g/mol. The van der Waals surface area contributed by atoms with Crippen molar-refractivity contribution < 1.29 is 4.42 Å². The van der Waals surface area contributed by atoms with Crippen molar-refractivity contribution in [2.75, 3.05) is 0 Å². The fourth-order valence-corrected chi connectivity index (χ4v) is 1.56. The normalized spacial score (nSPS) is 10.1. The lowest BCUT2D eigenvalue weighted by Gasteiger charge is -1.98. The van der Waals surface area contributed by atoms with Gasteiger partial charge in [-0.15, -0.1) is 0 Å². The lowest BCUT2D eigenvalue weighted by atomic mass is 10.1. The fraction of sp³-hybridized carbons (Fsp3) is 0.0714. The van der Waals surface area contributed by atoms with Crippen LogP contribution in [0.5, 0.6) is 0 Å². The summed E-state index contributed by atoms with van der Waals surface area (Å²) in [6.07, 6.45) is 3.31. The first-order chi connectivity index (χ1) is 7.76. The van der Waals surface area contributed by atoms with Crippen LogP contribution in [0.1, 0.15) is 17.0 Å². The van der Waals surface area contributed by atoms with Gasteiger partial charge in [-0.3, -0.25) is 0 Å². The van der Waals surface area contributed by atoms with Gasteiger partial charge < -0.3 is 4.42 Å². The van der Waals surface area contributed by atoms with E-state index in [-0.39, 0.29) is 0 Å². The molecule has 2 nitrogen and oxygen atoms in total. The van der Waals surface area contributed by atoms with E-state index in [1.807, 2.05) is 31.2 Å². The summed E-state index contributed by atoms with van der Waals surface area (Å²) < 4.78 is 5.62. The molecule has 0 amide bonds. The minimum atomic E-state index is 0.614. The third-order valence-corrected chi connectivity index (χ3v) is 2.44. The highest BCUT2D eigenvalue weighted by Gasteiger charge is 2.11. The molecule has 0 saturated carbocycles. The molecule has 0 fully saturated rings. The summed E-state index contributed by atoms with van der Waals surface area (Å²) in [7, 11) is 0. The number of nitrogens with zero attached hydrogens (tertiary/aromatic N) is 1. The number of aryl methyl sites for hydroxylation is 1. The largest absolute Gasteiger partial charge is 0.436 e. The predicted molar refractivity (Wildman–Crippen MR) is 66.9 cm³/mol. The van der Waals surface area contributed by atoms with Crippen LogP contribution in [0, 0.1) is 6.92 Å². The maximum atomic E-state index is 5.62. The number of hydrogen-bond donors (Lipinski definition) is 0. The zero-order valence-electron chi connectivity index (χ0n) is 9.23. The number of benzene rings is 1. The molecule has 0 spiro atoms. The summed E-state index contributed by atoms with van der Waals surface area (Å²) in [6.45, 7) is 9.41. The van der Waals surface area contributed by atoms with Crippen molar-refractivity contribution in [1.29, 1.82) is 0 Å². The predicted octanol–water partition coefficient (Wildman–Crippen LogP) is 3.94. The maximum absolute atomic E-state index is 5.62. The Balaban J connectivity index is 2.57. The van der Waals surface area contributed by atoms with E-state index in [4.69, 9.17) is 4.42 Å². The van der Waals surface area contributed by atoms with Crippen molar-refractivity contribution in [3.63, 3.8) is 0 Å². The molecule has 2 aromatic rings. The molecule has 2 rings (SSSR count). The Labute approximate surface area is 94.9 Å². The molecule has 0 aliphatic heterocycles. The first kappa shape index (κ1) is 10.4. The highest BCUT2D eigenvalue weighted by atomic mass is 16.4. The molecular formula is C14H13NO. The van der Waals surface area contributed by atoms with Crippen LogP contribution in [0.25, 0.3) is 23.6 Å². The summed E-state index contributed by atoms with van der Waals surface area (Å²) in [4.78, 5) is 4.37. The van der Waals surface area contributed by atoms with Gasteiger partial charge in [-0.05, 0) is 30.7 Å². The van der Waals surface area contributed by atoms with E-state index in [0.29, 0.717) is 11.7 Å². The third-order valence-electron chi connectivity index (χ3n) is 2.44. The van der Waals surface area contributed by atoms with Gasteiger partial charge >= 0.3 is 0 Å². The summed E-state index contributed by atoms with van der Waals surface area (Å²) in [5.41, 5.74) is 2.86. The molecule has 0 aliphatic carbocycles. The van der Waals surface area contributed by atoms with Crippen molar-refractivity contribution in [1.82, 2.24) is 4.98 Å². The zero-order valence-corrected chi connectivity index (χ0v) is 9.23. The first-order valence-electron chi connectivity index (χ1n) is 5.08. The average Bonchev–Trinajstić information content (AvgIpc) is 2.72. The molecule has 1 aromatic carbocycles. The highest BCUT2D eigenvalue weighted by molar-refractivity contribution is 5.64. The molecule has 0 saturated heterocycles. The van der Waals surface area contributed by atoms with Crippen LogP contribution in [-0.2, 0) is 0 Å². The van der Waals surface area contributed by atoms with Gasteiger partial charge in [0, 0.05) is 5.56 Å². The van der Waals surface area contributed by atoms with Gasteiger partial charge in [-0.2, -0.15) is 0 Å². The van der Waals surface area contributed by atoms with Crippen molar-refractivity contribution >= 4 is 12.2 Å². The van der Waals surface area contributed by atoms with E-state index in [9.17, 15) is 0 Å². The standard InChI is InChI=1S/C14H13NO/c1-4-12-13(5-2)16-14(15-12)11-9-7-6-8-10(11)3/h4-9H,1-2H2,3H3. The molecule has 0 unspecified atom stereocenters. The molecule has 16 heavy (non-hydrogen) atoms. The third kappa shape index (κ3) is 1.70. The molecule has 1 aromatic heterocycles. The maximum Gasteiger partial charge on any atom is 0.227 e. The highest BCUT2D eigenvalue weighted by Crippen LogP contribution is 2.25. The molecule has 0 atom stereocenters. The number of hydrogen-bond acceptors (Lipinski definition) is 2. The van der Waals surface area contributed by atoms with Crippen molar-refractivity contribution in [3.05, 3.63) is 54.4 Å². The van der Waals surface area contributed by atoms with Crippen LogP contribution in [0.4, 0.5) is 0 Å². The van der Waals surface area contributed by atoms with E-state index in [1.54, 1.807) is 12.2 Å². The second-order valence-electron chi connectivity index (χ2n) is 3.49. The van der Waals surface area contributed by atoms with E-state index in [0.717, 1.165) is 16.8 Å². The second-order valence-corrected chi connectivity index (χ2v) is 3.49. The van der Waals surface area contributed by atoms with Gasteiger partial charge in [0.25, 0.3) is 0 Å². The summed E-state index contributed by atoms with van der Waals surface area (Å²) in [6, 6.07) is 7.97. The number of aromatic nitrogens is 1. The minimum absolute atomic E-state index is 0.614. The summed E-state index contributed by atoms with van der Waals surface area (Å²) in [5, 5.41) is 0.